The third-order valence-corrected chi connectivity index (χ3v) is 5.37. The van der Waals surface area contributed by atoms with Crippen molar-refractivity contribution in [2.75, 3.05) is 5.75 Å². The van der Waals surface area contributed by atoms with Crippen LogP contribution in [0.2, 0.25) is 5.02 Å². The average Bonchev–Trinajstić information content (AvgIpc) is 3.23. The summed E-state index contributed by atoms with van der Waals surface area (Å²) in [6, 6.07) is 14.4. The molecule has 0 spiro atoms. The number of benzene rings is 2. The fourth-order valence-corrected chi connectivity index (χ4v) is 3.84. The second-order valence-electron chi connectivity index (χ2n) is 5.95. The number of nitrogens with one attached hydrogen (secondary N) is 1. The SMILES string of the molecule is O=C(CSc1nc2ccccc2c(=O)n1-c1ccc(F)c(Cl)c1)c1ccc[nH]1. The molecule has 2 heterocycles. The van der Waals surface area contributed by atoms with E-state index in [2.05, 4.69) is 9.97 Å². The maximum Gasteiger partial charge on any atom is 0.266 e. The van der Waals surface area contributed by atoms with Gasteiger partial charge in [-0.15, -0.1) is 0 Å². The standard InChI is InChI=1S/C20H13ClFN3O2S/c21-14-10-12(7-8-15(14)22)25-19(27)13-4-1-2-5-16(13)24-20(25)28-11-18(26)17-6-3-9-23-17/h1-10,23H,11H2. The Morgan fingerprint density at radius 1 is 1.18 bits per heavy atom. The largest absolute Gasteiger partial charge is 0.359 e. The Balaban J connectivity index is 1.82. The highest BCUT2D eigenvalue weighted by atomic mass is 35.5. The lowest BCUT2D eigenvalue weighted by molar-refractivity contribution is 0.101. The van der Waals surface area contributed by atoms with Crippen molar-refractivity contribution >= 4 is 40.0 Å². The number of nitrogens with zero attached hydrogens (tertiary/aromatic N) is 2. The van der Waals surface area contributed by atoms with Gasteiger partial charge in [0.15, 0.2) is 10.9 Å². The van der Waals surface area contributed by atoms with Gasteiger partial charge in [-0.2, -0.15) is 0 Å². The van der Waals surface area contributed by atoms with Crippen LogP contribution in [0.4, 0.5) is 4.39 Å². The first-order valence-electron chi connectivity index (χ1n) is 8.31. The first kappa shape index (κ1) is 18.5. The van der Waals surface area contributed by atoms with E-state index in [-0.39, 0.29) is 22.1 Å². The molecule has 28 heavy (non-hydrogen) atoms. The van der Waals surface area contributed by atoms with E-state index in [0.717, 1.165) is 11.8 Å². The number of fused-ring (bicyclic) bond motifs is 1. The van der Waals surface area contributed by atoms with Crippen molar-refractivity contribution in [3.05, 3.63) is 87.7 Å². The van der Waals surface area contributed by atoms with E-state index in [1.54, 1.807) is 42.6 Å². The van der Waals surface area contributed by atoms with Crippen molar-refractivity contribution in [1.82, 2.24) is 14.5 Å². The van der Waals surface area contributed by atoms with Crippen molar-refractivity contribution in [2.45, 2.75) is 5.16 Å². The lowest BCUT2D eigenvalue weighted by atomic mass is 10.2. The van der Waals surface area contributed by atoms with Gasteiger partial charge in [-0.05, 0) is 42.5 Å². The number of aromatic amines is 1. The molecule has 0 aliphatic carbocycles. The quantitative estimate of drug-likeness (QED) is 0.297. The molecular formula is C20H13ClFN3O2S. The summed E-state index contributed by atoms with van der Waals surface area (Å²) >= 11 is 7.04. The molecule has 0 saturated heterocycles. The highest BCUT2D eigenvalue weighted by Crippen LogP contribution is 2.24. The van der Waals surface area contributed by atoms with Crippen molar-refractivity contribution in [1.29, 1.82) is 0 Å². The molecule has 2 aromatic carbocycles. The third kappa shape index (κ3) is 3.46. The minimum absolute atomic E-state index is 0.0836. The van der Waals surface area contributed by atoms with Crippen molar-refractivity contribution in [2.24, 2.45) is 0 Å². The first-order chi connectivity index (χ1) is 13.5. The van der Waals surface area contributed by atoms with E-state index in [4.69, 9.17) is 11.6 Å². The number of H-pyrrole nitrogens is 1. The lowest BCUT2D eigenvalue weighted by Crippen LogP contribution is -2.22. The predicted octanol–water partition coefficient (Wildman–Crippen LogP) is 4.48. The fourth-order valence-electron chi connectivity index (χ4n) is 2.77. The summed E-state index contributed by atoms with van der Waals surface area (Å²) in [7, 11) is 0. The maximum atomic E-state index is 13.6. The zero-order chi connectivity index (χ0) is 19.7. The van der Waals surface area contributed by atoms with Crippen LogP contribution in [0.25, 0.3) is 16.6 Å². The Morgan fingerprint density at radius 3 is 2.75 bits per heavy atom. The van der Waals surface area contributed by atoms with Gasteiger partial charge in [0.1, 0.15) is 5.82 Å². The molecule has 0 amide bonds. The number of halogens is 2. The molecule has 0 aliphatic rings. The number of Topliss-reactive ketones (excluding diaryl/α,β-unsaturated/α-hetero) is 1. The Hall–Kier alpha value is -2.90. The van der Waals surface area contributed by atoms with Crippen molar-refractivity contribution in [3.8, 4) is 5.69 Å². The van der Waals surface area contributed by atoms with Gasteiger partial charge in [0, 0.05) is 6.20 Å². The summed E-state index contributed by atoms with van der Waals surface area (Å²) in [6.45, 7) is 0. The second kappa shape index (κ2) is 7.61. The monoisotopic (exact) mass is 413 g/mol. The molecule has 0 saturated carbocycles. The molecule has 5 nitrogen and oxygen atoms in total. The Bertz CT molecular complexity index is 1240. The minimum atomic E-state index is -0.580. The summed E-state index contributed by atoms with van der Waals surface area (Å²) in [5.41, 5.74) is 1.06. The number of aromatic nitrogens is 3. The molecule has 0 unspecified atom stereocenters. The molecule has 1 N–H and O–H groups in total. The molecule has 4 aromatic rings. The van der Waals surface area contributed by atoms with Crippen molar-refractivity contribution < 1.29 is 9.18 Å². The Kier molecular flexibility index (Phi) is 5.02. The van der Waals surface area contributed by atoms with Gasteiger partial charge in [0.25, 0.3) is 5.56 Å². The van der Waals surface area contributed by atoms with E-state index in [9.17, 15) is 14.0 Å². The molecular weight excluding hydrogens is 401 g/mol. The van der Waals surface area contributed by atoms with Gasteiger partial charge >= 0.3 is 0 Å². The van der Waals surface area contributed by atoms with Gasteiger partial charge in [-0.25, -0.2) is 9.37 Å². The molecule has 0 bridgehead atoms. The predicted molar refractivity (Wildman–Crippen MR) is 108 cm³/mol. The topological polar surface area (TPSA) is 67.8 Å². The Morgan fingerprint density at radius 2 is 2.00 bits per heavy atom. The molecule has 140 valence electrons. The van der Waals surface area contributed by atoms with Crippen LogP contribution in [0.15, 0.2) is 70.7 Å². The Labute approximate surface area is 168 Å². The van der Waals surface area contributed by atoms with Crippen LogP contribution in [0, 0.1) is 5.82 Å². The minimum Gasteiger partial charge on any atom is -0.359 e. The van der Waals surface area contributed by atoms with E-state index < -0.39 is 5.82 Å². The van der Waals surface area contributed by atoms with Crippen LogP contribution in [-0.2, 0) is 0 Å². The van der Waals surface area contributed by atoms with Crippen molar-refractivity contribution in [3.63, 3.8) is 0 Å². The van der Waals surface area contributed by atoms with Gasteiger partial charge in [-0.1, -0.05) is 35.5 Å². The number of ketones is 1. The number of carbonyl (C=O) groups excluding carboxylic acids is 1. The van der Waals surface area contributed by atoms with E-state index in [1.165, 1.54) is 22.8 Å². The van der Waals surface area contributed by atoms with Gasteiger partial charge in [-0.3, -0.25) is 14.2 Å². The van der Waals surface area contributed by atoms with Crippen LogP contribution >= 0.6 is 23.4 Å². The summed E-state index contributed by atoms with van der Waals surface area (Å²) in [5.74, 6) is -0.621. The van der Waals surface area contributed by atoms with Crippen LogP contribution in [0.1, 0.15) is 10.5 Å². The fraction of sp³-hybridized carbons (Fsp3) is 0.0500. The number of para-hydroxylation sites is 1. The third-order valence-electron chi connectivity index (χ3n) is 4.14. The number of carbonyl (C=O) groups is 1. The van der Waals surface area contributed by atoms with Gasteiger partial charge < -0.3 is 4.98 Å². The molecule has 0 aliphatic heterocycles. The number of rotatable bonds is 5. The van der Waals surface area contributed by atoms with Gasteiger partial charge in [0.05, 0.1) is 33.1 Å². The van der Waals surface area contributed by atoms with E-state index >= 15 is 0 Å². The zero-order valence-electron chi connectivity index (χ0n) is 14.4. The van der Waals surface area contributed by atoms with E-state index in [1.807, 2.05) is 0 Å². The molecule has 0 fully saturated rings. The summed E-state index contributed by atoms with van der Waals surface area (Å²) < 4.78 is 14.9. The number of hydrogen-bond acceptors (Lipinski definition) is 4. The summed E-state index contributed by atoms with van der Waals surface area (Å²) in [5, 5.41) is 0.644. The summed E-state index contributed by atoms with van der Waals surface area (Å²) in [6.07, 6.45) is 1.67. The molecule has 8 heteroatoms. The normalized spacial score (nSPS) is 11.1. The molecule has 0 atom stereocenters. The highest BCUT2D eigenvalue weighted by Gasteiger charge is 2.16. The second-order valence-corrected chi connectivity index (χ2v) is 7.30. The maximum absolute atomic E-state index is 13.6. The number of hydrogen-bond donors (Lipinski definition) is 1. The number of thioether (sulfide) groups is 1. The molecule has 4 rings (SSSR count). The van der Waals surface area contributed by atoms with Crippen LogP contribution in [0.5, 0.6) is 0 Å². The van der Waals surface area contributed by atoms with Crippen LogP contribution in [0.3, 0.4) is 0 Å². The average molecular weight is 414 g/mol. The first-order valence-corrected chi connectivity index (χ1v) is 9.67. The van der Waals surface area contributed by atoms with Crippen LogP contribution < -0.4 is 5.56 Å². The highest BCUT2D eigenvalue weighted by molar-refractivity contribution is 7.99. The van der Waals surface area contributed by atoms with E-state index in [0.29, 0.717) is 27.4 Å². The zero-order valence-corrected chi connectivity index (χ0v) is 15.9. The smallest absolute Gasteiger partial charge is 0.266 e. The summed E-state index contributed by atoms with van der Waals surface area (Å²) in [4.78, 5) is 32.8. The molecule has 0 radical (unpaired) electrons. The van der Waals surface area contributed by atoms with Gasteiger partial charge in [0.2, 0.25) is 0 Å². The van der Waals surface area contributed by atoms with Crippen LogP contribution in [-0.4, -0.2) is 26.1 Å². The lowest BCUT2D eigenvalue weighted by Gasteiger charge is -2.13. The molecule has 2 aromatic heterocycles.